The van der Waals surface area contributed by atoms with E-state index in [9.17, 15) is 14.7 Å². The minimum atomic E-state index is -0.536. The van der Waals surface area contributed by atoms with Gasteiger partial charge in [-0.05, 0) is 78.1 Å². The summed E-state index contributed by atoms with van der Waals surface area (Å²) in [5.74, 6) is 0.945. The fourth-order valence-corrected chi connectivity index (χ4v) is 9.10. The molecule has 3 saturated carbocycles. The number of rotatable bonds is 2. The lowest BCUT2D eigenvalue weighted by Gasteiger charge is -2.70. The predicted molar refractivity (Wildman–Crippen MR) is 111 cm³/mol. The van der Waals surface area contributed by atoms with Gasteiger partial charge in [-0.3, -0.25) is 4.79 Å². The Morgan fingerprint density at radius 2 is 1.64 bits per heavy atom. The van der Waals surface area contributed by atoms with E-state index in [1.807, 2.05) is 6.08 Å². The van der Waals surface area contributed by atoms with Crippen LogP contribution in [0.15, 0.2) is 11.6 Å². The van der Waals surface area contributed by atoms with E-state index in [0.717, 1.165) is 25.4 Å². The first-order valence-corrected chi connectivity index (χ1v) is 11.3. The van der Waals surface area contributed by atoms with E-state index >= 15 is 0 Å². The third kappa shape index (κ3) is 2.38. The zero-order valence-corrected chi connectivity index (χ0v) is 18.3. The van der Waals surface area contributed by atoms with Gasteiger partial charge in [-0.2, -0.15) is 0 Å². The van der Waals surface area contributed by atoms with Gasteiger partial charge in [0.1, 0.15) is 12.6 Å². The van der Waals surface area contributed by atoms with E-state index in [2.05, 4.69) is 34.6 Å². The van der Waals surface area contributed by atoms with Crippen LogP contribution in [0.25, 0.3) is 0 Å². The third-order valence-corrected chi connectivity index (χ3v) is 10.5. The highest BCUT2D eigenvalue weighted by Gasteiger charge is 2.67. The van der Waals surface area contributed by atoms with Gasteiger partial charge in [0.05, 0.1) is 12.0 Å². The maximum Gasteiger partial charge on any atom is 0.146 e. The summed E-state index contributed by atoms with van der Waals surface area (Å²) in [5, 5.41) is 11.5. The van der Waals surface area contributed by atoms with Crippen molar-refractivity contribution in [2.24, 2.45) is 45.3 Å². The van der Waals surface area contributed by atoms with Crippen molar-refractivity contribution in [2.45, 2.75) is 85.7 Å². The molecule has 0 saturated heterocycles. The van der Waals surface area contributed by atoms with Gasteiger partial charge in [0.25, 0.3) is 0 Å². The normalized spacial score (nSPS) is 52.5. The molecule has 0 aromatic heterocycles. The van der Waals surface area contributed by atoms with Crippen LogP contribution in [-0.4, -0.2) is 23.8 Å². The van der Waals surface area contributed by atoms with Crippen LogP contribution in [-0.2, 0) is 9.59 Å². The maximum absolute atomic E-state index is 12.1. The molecule has 4 rings (SSSR count). The predicted octanol–water partition coefficient (Wildman–Crippen LogP) is 4.97. The molecule has 1 N–H and O–H groups in total. The Morgan fingerprint density at radius 1 is 0.964 bits per heavy atom. The van der Waals surface area contributed by atoms with Crippen LogP contribution in [0.4, 0.5) is 0 Å². The fraction of sp³-hybridized carbons (Fsp3) is 0.840. The lowest BCUT2D eigenvalue weighted by molar-refractivity contribution is -0.231. The highest BCUT2D eigenvalue weighted by atomic mass is 16.3. The fourth-order valence-electron chi connectivity index (χ4n) is 9.10. The van der Waals surface area contributed by atoms with Crippen molar-refractivity contribution in [1.29, 1.82) is 0 Å². The molecule has 0 amide bonds. The Hall–Kier alpha value is -0.960. The second kappa shape index (κ2) is 6.27. The smallest absolute Gasteiger partial charge is 0.146 e. The first-order valence-electron chi connectivity index (χ1n) is 11.3. The summed E-state index contributed by atoms with van der Waals surface area (Å²) in [6, 6.07) is 0. The number of aliphatic hydroxyl groups is 1. The first kappa shape index (κ1) is 20.3. The molecule has 8 atom stereocenters. The summed E-state index contributed by atoms with van der Waals surface area (Å²) in [7, 11) is 0. The quantitative estimate of drug-likeness (QED) is 0.682. The number of allylic oxidation sites excluding steroid dienone is 2. The average molecular weight is 387 g/mol. The van der Waals surface area contributed by atoms with Crippen LogP contribution in [0.1, 0.15) is 79.6 Å². The maximum atomic E-state index is 12.1. The van der Waals surface area contributed by atoms with Crippen LogP contribution in [0.3, 0.4) is 0 Å². The zero-order chi connectivity index (χ0) is 20.5. The van der Waals surface area contributed by atoms with Crippen molar-refractivity contribution in [2.75, 3.05) is 0 Å². The highest BCUT2D eigenvalue weighted by molar-refractivity contribution is 5.82. The number of carbonyl (C=O) groups is 2. The van der Waals surface area contributed by atoms with Crippen LogP contribution >= 0.6 is 0 Å². The van der Waals surface area contributed by atoms with Crippen LogP contribution < -0.4 is 0 Å². The second-order valence-electron chi connectivity index (χ2n) is 11.8. The van der Waals surface area contributed by atoms with E-state index in [1.165, 1.54) is 32.1 Å². The molecule has 3 nitrogen and oxygen atoms in total. The number of carbonyl (C=O) groups excluding carboxylic acids is 2. The third-order valence-electron chi connectivity index (χ3n) is 10.5. The molecule has 0 heterocycles. The van der Waals surface area contributed by atoms with Gasteiger partial charge in [0.2, 0.25) is 0 Å². The van der Waals surface area contributed by atoms with Gasteiger partial charge in [-0.25, -0.2) is 0 Å². The lowest BCUT2D eigenvalue weighted by atomic mass is 9.35. The van der Waals surface area contributed by atoms with Crippen molar-refractivity contribution < 1.29 is 14.7 Å². The molecule has 3 heteroatoms. The number of fused-ring (bicyclic) bond motifs is 5. The Bertz CT molecular complexity index is 709. The van der Waals surface area contributed by atoms with Crippen molar-refractivity contribution >= 4 is 12.6 Å². The van der Waals surface area contributed by atoms with Gasteiger partial charge in [-0.1, -0.05) is 47.1 Å². The van der Waals surface area contributed by atoms with Crippen LogP contribution in [0.5, 0.6) is 0 Å². The summed E-state index contributed by atoms with van der Waals surface area (Å²) in [5.41, 5.74) is 0.767. The topological polar surface area (TPSA) is 54.4 Å². The number of aldehydes is 2. The van der Waals surface area contributed by atoms with E-state index < -0.39 is 17.4 Å². The molecule has 4 aliphatic rings. The second-order valence-corrected chi connectivity index (χ2v) is 11.8. The monoisotopic (exact) mass is 386 g/mol. The van der Waals surface area contributed by atoms with Crippen LogP contribution in [0.2, 0.25) is 0 Å². The standard InChI is InChI=1S/C25H38O3/c1-22(2)10-6-11-23(3)18(22)9-12-24(4)19-8-7-16(14-26)17(15-27)25(19,5)21(28)13-20(23)24/h7,14-15,17-21,28H,6,8-13H2,1-5H3/t17-,18+,19+,20-,21-,23+,24+,25-/m1/s1. The van der Waals surface area contributed by atoms with Gasteiger partial charge >= 0.3 is 0 Å². The Labute approximate surface area is 170 Å². The molecular formula is C25H38O3. The minimum absolute atomic E-state index is 0.110. The van der Waals surface area contributed by atoms with E-state index in [1.54, 1.807) is 0 Å². The summed E-state index contributed by atoms with van der Waals surface area (Å²) >= 11 is 0. The molecule has 0 aromatic carbocycles. The van der Waals surface area contributed by atoms with E-state index in [0.29, 0.717) is 22.8 Å². The summed E-state index contributed by atoms with van der Waals surface area (Å²) in [6.45, 7) is 11.9. The van der Waals surface area contributed by atoms with Gasteiger partial charge in [0, 0.05) is 5.41 Å². The van der Waals surface area contributed by atoms with Gasteiger partial charge < -0.3 is 9.90 Å². The number of aliphatic hydroxyl groups excluding tert-OH is 1. The number of hydrogen-bond donors (Lipinski definition) is 1. The Kier molecular flexibility index (Phi) is 4.55. The average Bonchev–Trinajstić information content (AvgIpc) is 2.62. The molecule has 0 radical (unpaired) electrons. The molecule has 0 bridgehead atoms. The molecule has 0 unspecified atom stereocenters. The van der Waals surface area contributed by atoms with Crippen molar-refractivity contribution in [3.8, 4) is 0 Å². The highest BCUT2D eigenvalue weighted by Crippen LogP contribution is 2.72. The minimum Gasteiger partial charge on any atom is -0.393 e. The molecule has 4 aliphatic carbocycles. The van der Waals surface area contributed by atoms with Gasteiger partial charge in [0.15, 0.2) is 0 Å². The largest absolute Gasteiger partial charge is 0.393 e. The lowest BCUT2D eigenvalue weighted by Crippen LogP contribution is -2.66. The number of hydrogen-bond acceptors (Lipinski definition) is 3. The first-order chi connectivity index (χ1) is 13.1. The van der Waals surface area contributed by atoms with Crippen molar-refractivity contribution in [3.05, 3.63) is 11.6 Å². The Morgan fingerprint density at radius 3 is 2.29 bits per heavy atom. The molecule has 0 aliphatic heterocycles. The van der Waals surface area contributed by atoms with Crippen molar-refractivity contribution in [1.82, 2.24) is 0 Å². The van der Waals surface area contributed by atoms with Crippen LogP contribution in [0, 0.1) is 45.3 Å². The molecule has 3 fully saturated rings. The molecule has 0 spiro atoms. The zero-order valence-electron chi connectivity index (χ0n) is 18.3. The SMILES string of the molecule is CC1(C)CCC[C@]2(C)[C@H]3C[C@@H](O)[C@]4(C)[C@H](C=O)C(C=O)=CC[C@H]4[C@]3(C)CC[C@@H]12. The summed E-state index contributed by atoms with van der Waals surface area (Å²) < 4.78 is 0. The van der Waals surface area contributed by atoms with E-state index in [4.69, 9.17) is 0 Å². The van der Waals surface area contributed by atoms with Crippen molar-refractivity contribution in [3.63, 3.8) is 0 Å². The molecule has 28 heavy (non-hydrogen) atoms. The molecular weight excluding hydrogens is 348 g/mol. The summed E-state index contributed by atoms with van der Waals surface area (Å²) in [4.78, 5) is 23.7. The molecule has 156 valence electrons. The van der Waals surface area contributed by atoms with E-state index in [-0.39, 0.29) is 16.7 Å². The summed E-state index contributed by atoms with van der Waals surface area (Å²) in [6.07, 6.45) is 11.1. The molecule has 0 aromatic rings. The Balaban J connectivity index is 1.81. The van der Waals surface area contributed by atoms with Gasteiger partial charge in [-0.15, -0.1) is 0 Å².